The van der Waals surface area contributed by atoms with E-state index in [0.29, 0.717) is 24.6 Å². The molecule has 2 saturated heterocycles. The van der Waals surface area contributed by atoms with Crippen LogP contribution >= 0.6 is 7.60 Å². The molecule has 2 fully saturated rings. The molecule has 0 bridgehead atoms. The van der Waals surface area contributed by atoms with Crippen molar-refractivity contribution in [2.75, 3.05) is 50.9 Å². The summed E-state index contributed by atoms with van der Waals surface area (Å²) in [5.41, 5.74) is 1.84. The molecule has 2 aliphatic rings. The van der Waals surface area contributed by atoms with Gasteiger partial charge in [0.15, 0.2) is 0 Å². The summed E-state index contributed by atoms with van der Waals surface area (Å²) >= 11 is 0. The fraction of sp³-hybridized carbons (Fsp3) is 0.417. The fourth-order valence-electron chi connectivity index (χ4n) is 4.37. The zero-order valence-electron chi connectivity index (χ0n) is 20.5. The zero-order valence-corrected chi connectivity index (χ0v) is 21.4. The van der Waals surface area contributed by atoms with Crippen LogP contribution in [0.4, 0.5) is 10.5 Å². The molecule has 0 spiro atoms. The van der Waals surface area contributed by atoms with Gasteiger partial charge < -0.3 is 40.1 Å². The Morgan fingerprint density at radius 1 is 1.08 bits per heavy atom. The molecule has 2 aromatic rings. The third kappa shape index (κ3) is 7.29. The van der Waals surface area contributed by atoms with Crippen LogP contribution in [0.5, 0.6) is 0 Å². The number of carboxylic acid groups (broad SMARTS) is 1. The summed E-state index contributed by atoms with van der Waals surface area (Å²) in [5, 5.41) is 14.9. The van der Waals surface area contributed by atoms with E-state index in [4.69, 9.17) is 9.84 Å². The van der Waals surface area contributed by atoms with Crippen molar-refractivity contribution in [1.29, 1.82) is 0 Å². The Morgan fingerprint density at radius 3 is 2.37 bits per heavy atom. The number of carbonyl (C=O) groups excluding carboxylic acids is 2. The van der Waals surface area contributed by atoms with Crippen molar-refractivity contribution >= 4 is 31.2 Å². The molecule has 204 valence electrons. The second kappa shape index (κ2) is 11.9. The topological polar surface area (TPSA) is 182 Å². The van der Waals surface area contributed by atoms with E-state index in [1.54, 1.807) is 6.07 Å². The van der Waals surface area contributed by atoms with Crippen LogP contribution in [-0.2, 0) is 14.1 Å². The van der Waals surface area contributed by atoms with Gasteiger partial charge in [-0.3, -0.25) is 14.2 Å². The maximum absolute atomic E-state index is 13.3. The number of benzene rings is 1. The molecule has 4 rings (SSSR count). The van der Waals surface area contributed by atoms with E-state index < -0.39 is 37.7 Å². The lowest BCUT2D eigenvalue weighted by Gasteiger charge is -2.35. The number of anilines is 1. The number of hydrogen-bond acceptors (Lipinski definition) is 7. The third-order valence-electron chi connectivity index (χ3n) is 6.31. The standard InChI is InChI=1S/C24H30N5O8P/c30-22(27-21(15-38(34,35)36)23(31)28-7-9-29(10-8-28)24(32)33)20-13-18(25-17-6-11-37-14-17)12-19(26-20)16-4-2-1-3-5-16/h1-5,12-13,17,21H,6-11,14-15H2,(H,25,26)(H,27,30)(H,32,33)(H2,34,35,36)/t17-,21+/m1/s1. The quantitative estimate of drug-likeness (QED) is 0.300. The highest BCUT2D eigenvalue weighted by Crippen LogP contribution is 2.35. The van der Waals surface area contributed by atoms with Crippen LogP contribution in [0.25, 0.3) is 11.3 Å². The summed E-state index contributed by atoms with van der Waals surface area (Å²) in [7, 11) is -4.70. The lowest BCUT2D eigenvalue weighted by molar-refractivity contribution is -0.134. The van der Waals surface area contributed by atoms with E-state index in [-0.39, 0.29) is 37.9 Å². The molecule has 1 aromatic carbocycles. The third-order valence-corrected chi connectivity index (χ3v) is 7.15. The Kier molecular flexibility index (Phi) is 8.62. The van der Waals surface area contributed by atoms with Crippen LogP contribution in [0.2, 0.25) is 0 Å². The lowest BCUT2D eigenvalue weighted by atomic mass is 10.1. The first-order valence-corrected chi connectivity index (χ1v) is 13.9. The first-order valence-electron chi connectivity index (χ1n) is 12.1. The summed E-state index contributed by atoms with van der Waals surface area (Å²) in [6.45, 7) is 1.32. The molecule has 14 heteroatoms. The van der Waals surface area contributed by atoms with Gasteiger partial charge in [0, 0.05) is 44.0 Å². The van der Waals surface area contributed by atoms with Gasteiger partial charge in [-0.15, -0.1) is 0 Å². The average Bonchev–Trinajstić information content (AvgIpc) is 3.40. The van der Waals surface area contributed by atoms with E-state index in [1.165, 1.54) is 11.0 Å². The molecular weight excluding hydrogens is 517 g/mol. The molecule has 13 nitrogen and oxygen atoms in total. The van der Waals surface area contributed by atoms with Crippen molar-refractivity contribution in [3.63, 3.8) is 0 Å². The Balaban J connectivity index is 1.57. The molecular formula is C24H30N5O8P. The Labute approximate surface area is 219 Å². The number of hydrogen-bond donors (Lipinski definition) is 5. The largest absolute Gasteiger partial charge is 0.465 e. The summed E-state index contributed by atoms with van der Waals surface area (Å²) in [6, 6.07) is 11.0. The van der Waals surface area contributed by atoms with Crippen LogP contribution in [0, 0.1) is 0 Å². The summed E-state index contributed by atoms with van der Waals surface area (Å²) in [5.74, 6) is -1.48. The normalized spacial score (nSPS) is 18.6. The Hall–Kier alpha value is -3.51. The van der Waals surface area contributed by atoms with Crippen molar-refractivity contribution in [3.8, 4) is 11.3 Å². The molecule has 3 amide bonds. The molecule has 3 heterocycles. The van der Waals surface area contributed by atoms with Gasteiger partial charge in [0.2, 0.25) is 5.91 Å². The second-order valence-corrected chi connectivity index (χ2v) is 10.9. The van der Waals surface area contributed by atoms with Crippen LogP contribution in [0.3, 0.4) is 0 Å². The van der Waals surface area contributed by atoms with E-state index >= 15 is 0 Å². The van der Waals surface area contributed by atoms with Gasteiger partial charge in [-0.05, 0) is 18.6 Å². The number of pyridine rings is 1. The van der Waals surface area contributed by atoms with Crippen LogP contribution in [0.1, 0.15) is 16.9 Å². The number of ether oxygens (including phenoxy) is 1. The SMILES string of the molecule is O=C(N[C@@H](CP(=O)(O)O)C(=O)N1CCN(C(=O)O)CC1)c1cc(N[C@@H]2CCOC2)cc(-c2ccccc2)n1. The van der Waals surface area contributed by atoms with Crippen molar-refractivity contribution in [3.05, 3.63) is 48.2 Å². The molecule has 1 aromatic heterocycles. The van der Waals surface area contributed by atoms with E-state index in [2.05, 4.69) is 15.6 Å². The minimum Gasteiger partial charge on any atom is -0.465 e. The van der Waals surface area contributed by atoms with Gasteiger partial charge in [-0.25, -0.2) is 9.78 Å². The highest BCUT2D eigenvalue weighted by atomic mass is 31.2. The Bertz CT molecular complexity index is 1210. The van der Waals surface area contributed by atoms with Gasteiger partial charge in [0.1, 0.15) is 11.7 Å². The number of piperazine rings is 1. The number of carbonyl (C=O) groups is 3. The minimum absolute atomic E-state index is 0.0352. The van der Waals surface area contributed by atoms with Gasteiger partial charge >= 0.3 is 13.7 Å². The molecule has 0 aliphatic carbocycles. The van der Waals surface area contributed by atoms with Crippen LogP contribution in [-0.4, -0.2) is 105 Å². The molecule has 0 unspecified atom stereocenters. The number of nitrogens with zero attached hydrogens (tertiary/aromatic N) is 3. The minimum atomic E-state index is -4.70. The predicted molar refractivity (Wildman–Crippen MR) is 137 cm³/mol. The first kappa shape index (κ1) is 27.5. The maximum atomic E-state index is 13.3. The molecule has 0 radical (unpaired) electrons. The monoisotopic (exact) mass is 547 g/mol. The lowest BCUT2D eigenvalue weighted by Crippen LogP contribution is -2.56. The molecule has 0 saturated carbocycles. The van der Waals surface area contributed by atoms with E-state index in [9.17, 15) is 28.7 Å². The summed E-state index contributed by atoms with van der Waals surface area (Å²) < 4.78 is 17.2. The van der Waals surface area contributed by atoms with Gasteiger partial charge in [0.25, 0.3) is 5.91 Å². The van der Waals surface area contributed by atoms with Crippen molar-refractivity contribution < 1.29 is 38.6 Å². The highest BCUT2D eigenvalue weighted by molar-refractivity contribution is 7.51. The van der Waals surface area contributed by atoms with Gasteiger partial charge in [-0.1, -0.05) is 30.3 Å². The Morgan fingerprint density at radius 2 is 1.76 bits per heavy atom. The smallest absolute Gasteiger partial charge is 0.407 e. The van der Waals surface area contributed by atoms with E-state index in [0.717, 1.165) is 16.9 Å². The van der Waals surface area contributed by atoms with Gasteiger partial charge in [0.05, 0.1) is 24.5 Å². The zero-order chi connectivity index (χ0) is 27.3. The average molecular weight is 548 g/mol. The molecule has 2 aliphatic heterocycles. The first-order chi connectivity index (χ1) is 18.1. The van der Waals surface area contributed by atoms with Crippen LogP contribution in [0.15, 0.2) is 42.5 Å². The van der Waals surface area contributed by atoms with Gasteiger partial charge in [-0.2, -0.15) is 0 Å². The molecule has 5 N–H and O–H groups in total. The summed E-state index contributed by atoms with van der Waals surface area (Å²) in [4.78, 5) is 63.7. The molecule has 2 atom stereocenters. The van der Waals surface area contributed by atoms with Crippen molar-refractivity contribution in [2.45, 2.75) is 18.5 Å². The molecule has 38 heavy (non-hydrogen) atoms. The van der Waals surface area contributed by atoms with Crippen molar-refractivity contribution in [1.82, 2.24) is 20.1 Å². The predicted octanol–water partition coefficient (Wildman–Crippen LogP) is 1.05. The highest BCUT2D eigenvalue weighted by Gasteiger charge is 2.34. The maximum Gasteiger partial charge on any atom is 0.407 e. The fourth-order valence-corrected chi connectivity index (χ4v) is 5.09. The number of nitrogens with one attached hydrogen (secondary N) is 2. The van der Waals surface area contributed by atoms with E-state index in [1.807, 2.05) is 30.3 Å². The number of aromatic nitrogens is 1. The van der Waals surface area contributed by atoms with Crippen LogP contribution < -0.4 is 10.6 Å². The number of rotatable bonds is 8. The number of amides is 3. The second-order valence-electron chi connectivity index (χ2n) is 9.17. The summed E-state index contributed by atoms with van der Waals surface area (Å²) in [6.07, 6.45) is -1.23. The van der Waals surface area contributed by atoms with Crippen molar-refractivity contribution in [2.24, 2.45) is 0 Å².